The van der Waals surface area contributed by atoms with Crippen LogP contribution in [0.3, 0.4) is 0 Å². The summed E-state index contributed by atoms with van der Waals surface area (Å²) in [4.78, 5) is 0.936. The number of ether oxygens (including phenoxy) is 1. The van der Waals surface area contributed by atoms with E-state index in [2.05, 4.69) is 32.5 Å². The molecule has 1 aromatic carbocycles. The van der Waals surface area contributed by atoms with Crippen molar-refractivity contribution in [3.05, 3.63) is 23.8 Å². The molecule has 0 atom stereocenters. The first-order valence-electron chi connectivity index (χ1n) is 5.67. The lowest BCUT2D eigenvalue weighted by Gasteiger charge is -2.10. The molecule has 15 heavy (non-hydrogen) atoms. The van der Waals surface area contributed by atoms with Crippen LogP contribution in [0, 0.1) is 6.92 Å². The van der Waals surface area contributed by atoms with Crippen LogP contribution in [-0.2, 0) is 0 Å². The summed E-state index contributed by atoms with van der Waals surface area (Å²) in [6, 6.07) is 6.03. The quantitative estimate of drug-likeness (QED) is 0.561. The van der Waals surface area contributed by atoms with Gasteiger partial charge in [-0.05, 0) is 25.0 Å². The summed E-state index contributed by atoms with van der Waals surface area (Å²) in [5.41, 5.74) is 1.16. The zero-order valence-corrected chi connectivity index (χ0v) is 10.5. The molecule has 84 valence electrons. The van der Waals surface area contributed by atoms with E-state index in [1.165, 1.54) is 19.3 Å². The molecule has 0 N–H and O–H groups in total. The van der Waals surface area contributed by atoms with Crippen molar-refractivity contribution >= 4 is 12.6 Å². The summed E-state index contributed by atoms with van der Waals surface area (Å²) >= 11 is 4.39. The van der Waals surface area contributed by atoms with Gasteiger partial charge in [0.05, 0.1) is 6.61 Å². The largest absolute Gasteiger partial charge is 0.492 e. The summed E-state index contributed by atoms with van der Waals surface area (Å²) in [5, 5.41) is 0. The predicted octanol–water partition coefficient (Wildman–Crippen LogP) is 4.24. The van der Waals surface area contributed by atoms with Gasteiger partial charge < -0.3 is 4.74 Å². The van der Waals surface area contributed by atoms with E-state index >= 15 is 0 Å². The van der Waals surface area contributed by atoms with Crippen LogP contribution in [-0.4, -0.2) is 6.61 Å². The van der Waals surface area contributed by atoms with Crippen LogP contribution in [0.15, 0.2) is 23.1 Å². The maximum Gasteiger partial charge on any atom is 0.135 e. The number of hydrogen-bond acceptors (Lipinski definition) is 2. The fourth-order valence-corrected chi connectivity index (χ4v) is 1.85. The van der Waals surface area contributed by atoms with Crippen molar-refractivity contribution in [2.45, 2.75) is 44.4 Å². The molecular weight excluding hydrogens is 204 g/mol. The third kappa shape index (κ3) is 4.17. The Balaban J connectivity index is 2.37. The molecule has 0 radical (unpaired) electrons. The Morgan fingerprint density at radius 3 is 2.67 bits per heavy atom. The maximum absolute atomic E-state index is 5.74. The standard InChI is InChI=1S/C13H20OS/c1-3-4-5-6-10-14-13-11(2)8-7-9-12(13)15/h7-9,15H,3-6,10H2,1-2H3. The number of unbranched alkanes of at least 4 members (excludes halogenated alkanes) is 3. The van der Waals surface area contributed by atoms with E-state index in [-0.39, 0.29) is 0 Å². The highest BCUT2D eigenvalue weighted by atomic mass is 32.1. The number of aryl methyl sites for hydroxylation is 1. The van der Waals surface area contributed by atoms with E-state index in [0.717, 1.165) is 29.2 Å². The first-order chi connectivity index (χ1) is 7.25. The second-order valence-electron chi connectivity index (χ2n) is 3.83. The molecule has 0 aliphatic heterocycles. The van der Waals surface area contributed by atoms with Crippen molar-refractivity contribution in [1.29, 1.82) is 0 Å². The number of hydrogen-bond donors (Lipinski definition) is 1. The Kier molecular flexibility index (Phi) is 5.62. The van der Waals surface area contributed by atoms with Gasteiger partial charge in [0.2, 0.25) is 0 Å². The zero-order chi connectivity index (χ0) is 11.1. The molecule has 0 heterocycles. The van der Waals surface area contributed by atoms with E-state index < -0.39 is 0 Å². The van der Waals surface area contributed by atoms with Crippen molar-refractivity contribution in [3.63, 3.8) is 0 Å². The minimum Gasteiger partial charge on any atom is -0.492 e. The maximum atomic E-state index is 5.74. The first-order valence-corrected chi connectivity index (χ1v) is 6.11. The molecular formula is C13H20OS. The molecule has 0 amide bonds. The number of rotatable bonds is 6. The smallest absolute Gasteiger partial charge is 0.135 e. The SMILES string of the molecule is CCCCCCOc1c(C)cccc1S. The van der Waals surface area contributed by atoms with Crippen LogP contribution >= 0.6 is 12.6 Å². The van der Waals surface area contributed by atoms with Crippen LogP contribution < -0.4 is 4.74 Å². The second-order valence-corrected chi connectivity index (χ2v) is 4.31. The van der Waals surface area contributed by atoms with Crippen molar-refractivity contribution in [2.24, 2.45) is 0 Å². The monoisotopic (exact) mass is 224 g/mol. The van der Waals surface area contributed by atoms with Gasteiger partial charge in [-0.15, -0.1) is 12.6 Å². The van der Waals surface area contributed by atoms with Crippen LogP contribution in [0.5, 0.6) is 5.75 Å². The fourth-order valence-electron chi connectivity index (χ4n) is 1.53. The van der Waals surface area contributed by atoms with Crippen LogP contribution in [0.2, 0.25) is 0 Å². The van der Waals surface area contributed by atoms with Crippen LogP contribution in [0.4, 0.5) is 0 Å². The van der Waals surface area contributed by atoms with E-state index in [0.29, 0.717) is 0 Å². The highest BCUT2D eigenvalue weighted by molar-refractivity contribution is 7.80. The van der Waals surface area contributed by atoms with E-state index in [1.54, 1.807) is 0 Å². The Hall–Kier alpha value is -0.630. The van der Waals surface area contributed by atoms with Gasteiger partial charge in [-0.3, -0.25) is 0 Å². The Morgan fingerprint density at radius 2 is 2.00 bits per heavy atom. The van der Waals surface area contributed by atoms with Gasteiger partial charge in [-0.1, -0.05) is 38.3 Å². The summed E-state index contributed by atoms with van der Waals surface area (Å²) in [6.45, 7) is 5.08. The fraction of sp³-hybridized carbons (Fsp3) is 0.538. The van der Waals surface area contributed by atoms with Crippen molar-refractivity contribution in [1.82, 2.24) is 0 Å². The molecule has 2 heteroatoms. The number of thiol groups is 1. The van der Waals surface area contributed by atoms with Gasteiger partial charge in [0.1, 0.15) is 5.75 Å². The molecule has 1 nitrogen and oxygen atoms in total. The van der Waals surface area contributed by atoms with Crippen molar-refractivity contribution in [3.8, 4) is 5.75 Å². The minimum absolute atomic E-state index is 0.804. The second kappa shape index (κ2) is 6.78. The van der Waals surface area contributed by atoms with Crippen molar-refractivity contribution < 1.29 is 4.74 Å². The van der Waals surface area contributed by atoms with E-state index in [1.807, 2.05) is 12.1 Å². The Bertz CT molecular complexity index is 276. The summed E-state index contributed by atoms with van der Waals surface area (Å²) in [5.74, 6) is 0.942. The average molecular weight is 224 g/mol. The van der Waals surface area contributed by atoms with Gasteiger partial charge in [0.25, 0.3) is 0 Å². The van der Waals surface area contributed by atoms with Gasteiger partial charge in [-0.25, -0.2) is 0 Å². The molecule has 0 aromatic heterocycles. The summed E-state index contributed by atoms with van der Waals surface area (Å²) in [7, 11) is 0. The molecule has 0 saturated carbocycles. The first kappa shape index (κ1) is 12.4. The van der Waals surface area contributed by atoms with E-state index in [9.17, 15) is 0 Å². The van der Waals surface area contributed by atoms with Gasteiger partial charge >= 0.3 is 0 Å². The lowest BCUT2D eigenvalue weighted by molar-refractivity contribution is 0.296. The molecule has 1 rings (SSSR count). The molecule has 0 fully saturated rings. The van der Waals surface area contributed by atoms with Gasteiger partial charge in [0.15, 0.2) is 0 Å². The van der Waals surface area contributed by atoms with Gasteiger partial charge in [0, 0.05) is 4.90 Å². The Morgan fingerprint density at radius 1 is 1.20 bits per heavy atom. The third-order valence-corrected chi connectivity index (χ3v) is 2.79. The normalized spacial score (nSPS) is 10.3. The summed E-state index contributed by atoms with van der Waals surface area (Å²) in [6.07, 6.45) is 4.95. The van der Waals surface area contributed by atoms with E-state index in [4.69, 9.17) is 4.74 Å². The summed E-state index contributed by atoms with van der Waals surface area (Å²) < 4.78 is 5.74. The van der Waals surface area contributed by atoms with Crippen LogP contribution in [0.25, 0.3) is 0 Å². The molecule has 0 aliphatic rings. The molecule has 1 aromatic rings. The molecule has 0 saturated heterocycles. The lowest BCUT2D eigenvalue weighted by Crippen LogP contribution is -1.99. The zero-order valence-electron chi connectivity index (χ0n) is 9.62. The number of benzene rings is 1. The highest BCUT2D eigenvalue weighted by Gasteiger charge is 2.02. The molecule has 0 spiro atoms. The van der Waals surface area contributed by atoms with Crippen molar-refractivity contribution in [2.75, 3.05) is 6.61 Å². The lowest BCUT2D eigenvalue weighted by atomic mass is 10.2. The topological polar surface area (TPSA) is 9.23 Å². The molecule has 0 aliphatic carbocycles. The molecule has 0 bridgehead atoms. The van der Waals surface area contributed by atoms with Gasteiger partial charge in [-0.2, -0.15) is 0 Å². The number of para-hydroxylation sites is 1. The van der Waals surface area contributed by atoms with Crippen LogP contribution in [0.1, 0.15) is 38.2 Å². The Labute approximate surface area is 98.3 Å². The average Bonchev–Trinajstić information content (AvgIpc) is 2.21. The minimum atomic E-state index is 0.804. The third-order valence-electron chi connectivity index (χ3n) is 2.44. The molecule has 0 unspecified atom stereocenters. The predicted molar refractivity (Wildman–Crippen MR) is 68.1 cm³/mol. The highest BCUT2D eigenvalue weighted by Crippen LogP contribution is 2.26.